The molecule has 0 saturated carbocycles. The van der Waals surface area contributed by atoms with Gasteiger partial charge in [-0.1, -0.05) is 55.8 Å². The predicted octanol–water partition coefficient (Wildman–Crippen LogP) is 3.59. The van der Waals surface area contributed by atoms with E-state index in [4.69, 9.17) is 4.74 Å². The molecule has 0 bridgehead atoms. The van der Waals surface area contributed by atoms with Crippen LogP contribution in [0.1, 0.15) is 48.5 Å². The number of hydrogen-bond acceptors (Lipinski definition) is 4. The van der Waals surface area contributed by atoms with E-state index >= 15 is 0 Å². The third-order valence-corrected chi connectivity index (χ3v) is 8.11. The summed E-state index contributed by atoms with van der Waals surface area (Å²) in [7, 11) is -1.68. The lowest BCUT2D eigenvalue weighted by Crippen LogP contribution is -2.50. The van der Waals surface area contributed by atoms with E-state index in [1.54, 1.807) is 23.5 Å². The monoisotopic (exact) mass is 444 g/mol. The van der Waals surface area contributed by atoms with Gasteiger partial charge in [0.05, 0.1) is 18.4 Å². The molecular formula is C24H32N2O4S. The van der Waals surface area contributed by atoms with Crippen molar-refractivity contribution in [2.75, 3.05) is 32.5 Å². The van der Waals surface area contributed by atoms with Gasteiger partial charge in [0.25, 0.3) is 5.91 Å². The van der Waals surface area contributed by atoms with Gasteiger partial charge in [0.15, 0.2) is 0 Å². The number of nitrogens with one attached hydrogen (secondary N) is 1. The van der Waals surface area contributed by atoms with Crippen LogP contribution in [0.15, 0.2) is 54.6 Å². The molecule has 0 spiro atoms. The van der Waals surface area contributed by atoms with Gasteiger partial charge in [0, 0.05) is 25.0 Å². The van der Waals surface area contributed by atoms with E-state index in [1.165, 1.54) is 0 Å². The van der Waals surface area contributed by atoms with Gasteiger partial charge < -0.3 is 10.1 Å². The standard InChI is InChI=1S/C24H32N2O4S/c1-3-4-18-31(28,29)26-16-14-24(15-17-26,20-10-6-5-7-11-20)19-25-23(27)21-12-8-9-13-22(21)30-2/h5-13H,3-4,14-19H2,1-2H3,(H,25,27). The van der Waals surface area contributed by atoms with Gasteiger partial charge in [-0.15, -0.1) is 0 Å². The Balaban J connectivity index is 1.77. The largest absolute Gasteiger partial charge is 0.496 e. The van der Waals surface area contributed by atoms with Crippen LogP contribution in [0.5, 0.6) is 5.75 Å². The van der Waals surface area contributed by atoms with E-state index < -0.39 is 10.0 Å². The summed E-state index contributed by atoms with van der Waals surface area (Å²) in [6, 6.07) is 17.2. The first-order valence-corrected chi connectivity index (χ1v) is 12.5. The fraction of sp³-hybridized carbons (Fsp3) is 0.458. The van der Waals surface area contributed by atoms with Crippen LogP contribution in [-0.4, -0.2) is 51.1 Å². The second-order valence-corrected chi connectivity index (χ2v) is 10.2. The molecule has 1 aliphatic rings. The van der Waals surface area contributed by atoms with Crippen molar-refractivity contribution in [2.45, 2.75) is 38.0 Å². The van der Waals surface area contributed by atoms with Gasteiger partial charge in [0.1, 0.15) is 5.75 Å². The van der Waals surface area contributed by atoms with Crippen LogP contribution in [0.2, 0.25) is 0 Å². The van der Waals surface area contributed by atoms with E-state index in [9.17, 15) is 13.2 Å². The first-order chi connectivity index (χ1) is 14.9. The van der Waals surface area contributed by atoms with Crippen molar-refractivity contribution in [1.82, 2.24) is 9.62 Å². The van der Waals surface area contributed by atoms with Crippen molar-refractivity contribution >= 4 is 15.9 Å². The molecule has 2 aromatic rings. The highest BCUT2D eigenvalue weighted by atomic mass is 32.2. The number of methoxy groups -OCH3 is 1. The first-order valence-electron chi connectivity index (χ1n) is 10.9. The lowest BCUT2D eigenvalue weighted by Gasteiger charge is -2.42. The van der Waals surface area contributed by atoms with Gasteiger partial charge in [-0.05, 0) is 37.0 Å². The molecule has 0 unspecified atom stereocenters. The number of unbranched alkanes of at least 4 members (excludes halogenated alkanes) is 1. The average Bonchev–Trinajstić information content (AvgIpc) is 2.82. The highest BCUT2D eigenvalue weighted by Crippen LogP contribution is 2.36. The maximum atomic E-state index is 12.9. The minimum atomic E-state index is -3.23. The van der Waals surface area contributed by atoms with E-state index in [-0.39, 0.29) is 17.1 Å². The summed E-state index contributed by atoms with van der Waals surface area (Å²) in [5, 5.41) is 3.08. The summed E-state index contributed by atoms with van der Waals surface area (Å²) in [6.07, 6.45) is 2.86. The Bertz CT molecular complexity index is 968. The number of nitrogens with zero attached hydrogens (tertiary/aromatic N) is 1. The van der Waals surface area contributed by atoms with Gasteiger partial charge in [0.2, 0.25) is 10.0 Å². The van der Waals surface area contributed by atoms with Crippen LogP contribution in [0, 0.1) is 0 Å². The molecule has 0 aromatic heterocycles. The number of carbonyl (C=O) groups excluding carboxylic acids is 1. The molecule has 3 rings (SSSR count). The van der Waals surface area contributed by atoms with Crippen LogP contribution in [-0.2, 0) is 15.4 Å². The maximum absolute atomic E-state index is 12.9. The fourth-order valence-electron chi connectivity index (χ4n) is 4.18. The number of carbonyl (C=O) groups is 1. The summed E-state index contributed by atoms with van der Waals surface area (Å²) in [4.78, 5) is 12.9. The number of hydrogen-bond donors (Lipinski definition) is 1. The molecule has 7 heteroatoms. The average molecular weight is 445 g/mol. The number of piperidine rings is 1. The Morgan fingerprint density at radius 2 is 1.71 bits per heavy atom. The fourth-order valence-corrected chi connectivity index (χ4v) is 5.83. The highest BCUT2D eigenvalue weighted by molar-refractivity contribution is 7.89. The molecule has 1 amide bonds. The molecule has 0 radical (unpaired) electrons. The Kier molecular flexibility index (Phi) is 7.73. The summed E-state index contributed by atoms with van der Waals surface area (Å²) in [5.74, 6) is 0.545. The smallest absolute Gasteiger partial charge is 0.255 e. The second kappa shape index (κ2) is 10.3. The van der Waals surface area contributed by atoms with Gasteiger partial charge in [-0.2, -0.15) is 0 Å². The third kappa shape index (κ3) is 5.46. The summed E-state index contributed by atoms with van der Waals surface area (Å²) < 4.78 is 32.2. The van der Waals surface area contributed by atoms with Crippen molar-refractivity contribution in [2.24, 2.45) is 0 Å². The van der Waals surface area contributed by atoms with Crippen molar-refractivity contribution in [1.29, 1.82) is 0 Å². The van der Waals surface area contributed by atoms with E-state index in [0.29, 0.717) is 50.2 Å². The molecular weight excluding hydrogens is 412 g/mol. The Hall–Kier alpha value is -2.38. The van der Waals surface area contributed by atoms with Crippen LogP contribution in [0.25, 0.3) is 0 Å². The van der Waals surface area contributed by atoms with Crippen LogP contribution in [0.4, 0.5) is 0 Å². The molecule has 1 heterocycles. The quantitative estimate of drug-likeness (QED) is 0.641. The molecule has 1 aliphatic heterocycles. The van der Waals surface area contributed by atoms with Crippen molar-refractivity contribution < 1.29 is 17.9 Å². The minimum Gasteiger partial charge on any atom is -0.496 e. The highest BCUT2D eigenvalue weighted by Gasteiger charge is 2.39. The third-order valence-electron chi connectivity index (χ3n) is 6.15. The zero-order valence-electron chi connectivity index (χ0n) is 18.3. The van der Waals surface area contributed by atoms with E-state index in [1.807, 2.05) is 37.3 Å². The summed E-state index contributed by atoms with van der Waals surface area (Å²) in [6.45, 7) is 3.37. The van der Waals surface area contributed by atoms with Crippen molar-refractivity contribution in [3.63, 3.8) is 0 Å². The zero-order chi connectivity index (χ0) is 22.3. The lowest BCUT2D eigenvalue weighted by atomic mass is 9.73. The van der Waals surface area contributed by atoms with Gasteiger partial charge in [-0.3, -0.25) is 4.79 Å². The summed E-state index contributed by atoms with van der Waals surface area (Å²) in [5.41, 5.74) is 1.31. The Morgan fingerprint density at radius 1 is 1.06 bits per heavy atom. The molecule has 0 aliphatic carbocycles. The number of amides is 1. The van der Waals surface area contributed by atoms with E-state index in [0.717, 1.165) is 12.0 Å². The zero-order valence-corrected chi connectivity index (χ0v) is 19.2. The number of rotatable bonds is 9. The van der Waals surface area contributed by atoms with Gasteiger partial charge >= 0.3 is 0 Å². The van der Waals surface area contributed by atoms with Crippen molar-refractivity contribution in [3.8, 4) is 5.75 Å². The molecule has 6 nitrogen and oxygen atoms in total. The van der Waals surface area contributed by atoms with Gasteiger partial charge in [-0.25, -0.2) is 12.7 Å². The molecule has 1 fully saturated rings. The number of para-hydroxylation sites is 1. The second-order valence-electron chi connectivity index (χ2n) is 8.10. The van der Waals surface area contributed by atoms with Crippen molar-refractivity contribution in [3.05, 3.63) is 65.7 Å². The molecule has 2 aromatic carbocycles. The number of benzene rings is 2. The normalized spacial score (nSPS) is 16.6. The van der Waals surface area contributed by atoms with Crippen LogP contribution < -0.4 is 10.1 Å². The number of ether oxygens (including phenoxy) is 1. The predicted molar refractivity (Wildman–Crippen MR) is 123 cm³/mol. The topological polar surface area (TPSA) is 75.7 Å². The first kappa shape index (κ1) is 23.3. The Morgan fingerprint density at radius 3 is 2.35 bits per heavy atom. The molecule has 31 heavy (non-hydrogen) atoms. The molecule has 0 atom stereocenters. The SMILES string of the molecule is CCCCS(=O)(=O)N1CCC(CNC(=O)c2ccccc2OC)(c2ccccc2)CC1. The minimum absolute atomic E-state index is 0.189. The molecule has 1 N–H and O–H groups in total. The summed E-state index contributed by atoms with van der Waals surface area (Å²) >= 11 is 0. The van der Waals surface area contributed by atoms with E-state index in [2.05, 4.69) is 17.4 Å². The van der Waals surface area contributed by atoms with Crippen LogP contribution >= 0.6 is 0 Å². The van der Waals surface area contributed by atoms with Crippen LogP contribution in [0.3, 0.4) is 0 Å². The molecule has 1 saturated heterocycles. The maximum Gasteiger partial charge on any atom is 0.255 e. The number of sulfonamides is 1. The Labute approximate surface area is 185 Å². The lowest BCUT2D eigenvalue weighted by molar-refractivity contribution is 0.0930. The molecule has 168 valence electrons.